The molecule has 0 aliphatic heterocycles. The molecule has 0 radical (unpaired) electrons. The molecule has 0 saturated heterocycles. The molecule has 0 aromatic rings. The maximum absolute atomic E-state index is 10.7. The molecule has 27 heavy (non-hydrogen) atoms. The van der Waals surface area contributed by atoms with Crippen LogP contribution < -0.4 is 0 Å². The van der Waals surface area contributed by atoms with Crippen LogP contribution in [0.1, 0.15) is 48.5 Å². The van der Waals surface area contributed by atoms with Gasteiger partial charge in [-0.15, -0.1) is 0 Å². The highest BCUT2D eigenvalue weighted by atomic mass is 16.5. The summed E-state index contributed by atoms with van der Waals surface area (Å²) in [6.45, 7) is 10.6. The summed E-state index contributed by atoms with van der Waals surface area (Å²) in [7, 11) is 2.38. The van der Waals surface area contributed by atoms with Crippen LogP contribution in [-0.4, -0.2) is 64.8 Å². The standard InChI is InChI=1S/C7H12O2.2C3H4O3.C3H6O.CH4O/c1-5(2)6(3)7(8)9-4;2*1-2(4)3(5)6;1-3(2)4;1-2/h1-4H3;2*1H3,(H,5,6);1-2H3;2H,1H3. The maximum atomic E-state index is 10.7. The maximum Gasteiger partial charge on any atom is 0.371 e. The molecule has 0 bridgehead atoms. The van der Waals surface area contributed by atoms with Crippen LogP contribution in [0.5, 0.6) is 0 Å². The van der Waals surface area contributed by atoms with E-state index in [1.165, 1.54) is 21.0 Å². The van der Waals surface area contributed by atoms with Gasteiger partial charge in [0.05, 0.1) is 7.11 Å². The lowest BCUT2D eigenvalue weighted by Gasteiger charge is -1.98. The molecular weight excluding hydrogens is 364 g/mol. The average Bonchev–Trinajstić information content (AvgIpc) is 2.55. The van der Waals surface area contributed by atoms with E-state index in [0.717, 1.165) is 26.5 Å². The number of aliphatic carboxylic acids is 2. The molecule has 0 aromatic heterocycles. The fraction of sp³-hybridized carbons (Fsp3) is 0.529. The van der Waals surface area contributed by atoms with Gasteiger partial charge in [0.2, 0.25) is 11.6 Å². The molecule has 0 aliphatic rings. The Bertz CT molecular complexity index is 474. The van der Waals surface area contributed by atoms with E-state index >= 15 is 0 Å². The van der Waals surface area contributed by atoms with Crippen molar-refractivity contribution in [2.75, 3.05) is 14.2 Å². The molecule has 3 N–H and O–H groups in total. The topological polar surface area (TPSA) is 172 Å². The van der Waals surface area contributed by atoms with Crippen LogP contribution in [0.2, 0.25) is 0 Å². The Hall–Kier alpha value is -2.88. The molecule has 10 nitrogen and oxygen atoms in total. The summed E-state index contributed by atoms with van der Waals surface area (Å²) in [5, 5.41) is 22.3. The van der Waals surface area contributed by atoms with Crippen LogP contribution >= 0.6 is 0 Å². The van der Waals surface area contributed by atoms with Crippen molar-refractivity contribution in [3.8, 4) is 0 Å². The molecule has 0 aromatic carbocycles. The van der Waals surface area contributed by atoms with Gasteiger partial charge in [-0.1, -0.05) is 5.57 Å². The number of ketones is 3. The van der Waals surface area contributed by atoms with E-state index < -0.39 is 23.5 Å². The third-order valence-corrected chi connectivity index (χ3v) is 1.84. The minimum Gasteiger partial charge on any atom is -0.476 e. The Kier molecular flexibility index (Phi) is 30.2. The molecule has 0 spiro atoms. The summed E-state index contributed by atoms with van der Waals surface area (Å²) in [4.78, 5) is 57.9. The van der Waals surface area contributed by atoms with Gasteiger partial charge < -0.3 is 24.9 Å². The molecule has 0 aliphatic carbocycles. The predicted molar refractivity (Wildman–Crippen MR) is 97.2 cm³/mol. The molecule has 0 fully saturated rings. The number of rotatable bonds is 3. The molecular formula is C17H30O10. The van der Waals surface area contributed by atoms with E-state index in [0.29, 0.717) is 5.57 Å². The van der Waals surface area contributed by atoms with Gasteiger partial charge in [-0.3, -0.25) is 9.59 Å². The number of allylic oxidation sites excluding steroid dienone is 1. The van der Waals surface area contributed by atoms with Crippen LogP contribution in [-0.2, 0) is 33.5 Å². The number of carbonyl (C=O) groups is 6. The first-order valence-electron chi connectivity index (χ1n) is 7.23. The summed E-state index contributed by atoms with van der Waals surface area (Å²) in [6, 6.07) is 0. The zero-order valence-electron chi connectivity index (χ0n) is 17.2. The number of carboxylic acids is 2. The van der Waals surface area contributed by atoms with Crippen molar-refractivity contribution < 1.29 is 48.8 Å². The first-order chi connectivity index (χ1) is 12.1. The summed E-state index contributed by atoms with van der Waals surface area (Å²) < 4.78 is 4.48. The number of ether oxygens (including phenoxy) is 1. The van der Waals surface area contributed by atoms with Crippen LogP contribution in [0.25, 0.3) is 0 Å². The first kappa shape index (κ1) is 35.3. The summed E-state index contributed by atoms with van der Waals surface area (Å²) in [6.07, 6.45) is 0. The highest BCUT2D eigenvalue weighted by Gasteiger charge is 2.02. The van der Waals surface area contributed by atoms with Crippen molar-refractivity contribution in [1.29, 1.82) is 0 Å². The van der Waals surface area contributed by atoms with Gasteiger partial charge in [-0.25, -0.2) is 14.4 Å². The Balaban J connectivity index is -0.0000000800. The van der Waals surface area contributed by atoms with E-state index in [4.69, 9.17) is 15.3 Å². The number of carbonyl (C=O) groups excluding carboxylic acids is 4. The Morgan fingerprint density at radius 1 is 0.630 bits per heavy atom. The molecule has 0 rings (SSSR count). The van der Waals surface area contributed by atoms with Crippen molar-refractivity contribution in [3.63, 3.8) is 0 Å². The van der Waals surface area contributed by atoms with E-state index in [2.05, 4.69) is 4.74 Å². The number of Topliss-reactive ketones (excluding diaryl/α,β-unsaturated/α-hetero) is 3. The Morgan fingerprint density at radius 2 is 0.815 bits per heavy atom. The molecule has 10 heteroatoms. The van der Waals surface area contributed by atoms with E-state index in [1.807, 2.05) is 13.8 Å². The minimum atomic E-state index is -1.38. The lowest BCUT2D eigenvalue weighted by Crippen LogP contribution is -2.05. The summed E-state index contributed by atoms with van der Waals surface area (Å²) >= 11 is 0. The normalized spacial score (nSPS) is 7.33. The van der Waals surface area contributed by atoms with Crippen molar-refractivity contribution in [2.45, 2.75) is 48.5 Å². The van der Waals surface area contributed by atoms with Gasteiger partial charge in [0.1, 0.15) is 5.78 Å². The second-order valence-corrected chi connectivity index (χ2v) is 4.75. The van der Waals surface area contributed by atoms with Crippen molar-refractivity contribution in [2.24, 2.45) is 0 Å². The average molecular weight is 394 g/mol. The molecule has 0 saturated carbocycles. The Labute approximate surface area is 158 Å². The summed E-state index contributed by atoms with van der Waals surface area (Å²) in [5.74, 6) is -4.48. The second-order valence-electron chi connectivity index (χ2n) is 4.75. The third kappa shape index (κ3) is 45.1. The number of hydrogen-bond donors (Lipinski definition) is 3. The predicted octanol–water partition coefficient (Wildman–Crippen LogP) is 1.04. The van der Waals surface area contributed by atoms with Gasteiger partial charge in [0.15, 0.2) is 0 Å². The van der Waals surface area contributed by atoms with Crippen LogP contribution in [0.3, 0.4) is 0 Å². The van der Waals surface area contributed by atoms with Gasteiger partial charge in [0.25, 0.3) is 0 Å². The van der Waals surface area contributed by atoms with Gasteiger partial charge in [-0.2, -0.15) is 0 Å². The summed E-state index contributed by atoms with van der Waals surface area (Å²) in [5.41, 5.74) is 1.69. The second kappa shape index (κ2) is 23.1. The molecule has 158 valence electrons. The molecule has 0 heterocycles. The SMILES string of the molecule is CC(=O)C(=O)O.CC(=O)C(=O)O.CC(C)=O.CO.COC(=O)C(C)=C(C)C. The number of carboxylic acid groups (broad SMARTS) is 2. The van der Waals surface area contributed by atoms with E-state index in [1.54, 1.807) is 6.92 Å². The van der Waals surface area contributed by atoms with Gasteiger partial charge in [-0.05, 0) is 34.6 Å². The van der Waals surface area contributed by atoms with Crippen LogP contribution in [0, 0.1) is 0 Å². The largest absolute Gasteiger partial charge is 0.476 e. The Morgan fingerprint density at radius 3 is 0.852 bits per heavy atom. The third-order valence-electron chi connectivity index (χ3n) is 1.84. The number of aliphatic hydroxyl groups is 1. The zero-order chi connectivity index (χ0) is 23.3. The van der Waals surface area contributed by atoms with Crippen LogP contribution in [0.4, 0.5) is 0 Å². The number of esters is 1. The van der Waals surface area contributed by atoms with Gasteiger partial charge >= 0.3 is 17.9 Å². The molecule has 0 unspecified atom stereocenters. The number of hydrogen-bond acceptors (Lipinski definition) is 8. The monoisotopic (exact) mass is 394 g/mol. The van der Waals surface area contributed by atoms with E-state index in [9.17, 15) is 28.8 Å². The van der Waals surface area contributed by atoms with Crippen LogP contribution in [0.15, 0.2) is 11.1 Å². The minimum absolute atomic E-state index is 0.167. The quantitative estimate of drug-likeness (QED) is 0.356. The van der Waals surface area contributed by atoms with Gasteiger partial charge in [0, 0.05) is 26.5 Å². The van der Waals surface area contributed by atoms with Crippen molar-refractivity contribution >= 4 is 35.3 Å². The fourth-order valence-corrected chi connectivity index (χ4v) is 0.357. The van der Waals surface area contributed by atoms with Crippen molar-refractivity contribution in [1.82, 2.24) is 0 Å². The lowest BCUT2D eigenvalue weighted by atomic mass is 10.2. The molecule has 0 atom stereocenters. The van der Waals surface area contributed by atoms with E-state index in [-0.39, 0.29) is 11.8 Å². The number of methoxy groups -OCH3 is 1. The van der Waals surface area contributed by atoms with Crippen molar-refractivity contribution in [3.05, 3.63) is 11.1 Å². The smallest absolute Gasteiger partial charge is 0.371 e. The molecule has 0 amide bonds. The lowest BCUT2D eigenvalue weighted by molar-refractivity contribution is -0.148. The number of aliphatic hydroxyl groups excluding tert-OH is 1. The zero-order valence-corrected chi connectivity index (χ0v) is 17.2. The fourth-order valence-electron chi connectivity index (χ4n) is 0.357. The highest BCUT2D eigenvalue weighted by molar-refractivity contribution is 6.31. The first-order valence-corrected chi connectivity index (χ1v) is 7.23. The highest BCUT2D eigenvalue weighted by Crippen LogP contribution is 2.02.